The SMILES string of the molecule is Fc1ccc(C(Br)C2CC3CCC2C3)cc1. The minimum absolute atomic E-state index is 0.142. The second-order valence-corrected chi connectivity index (χ2v) is 6.28. The predicted molar refractivity (Wildman–Crippen MR) is 67.0 cm³/mol. The van der Waals surface area contributed by atoms with Gasteiger partial charge in [-0.05, 0) is 54.7 Å². The highest BCUT2D eigenvalue weighted by Gasteiger charge is 2.42. The van der Waals surface area contributed by atoms with Crippen LogP contribution in [-0.2, 0) is 0 Å². The van der Waals surface area contributed by atoms with Gasteiger partial charge in [0.2, 0.25) is 0 Å². The zero-order valence-electron chi connectivity index (χ0n) is 9.20. The molecular formula is C14H16BrF. The lowest BCUT2D eigenvalue weighted by Gasteiger charge is -2.26. The first-order chi connectivity index (χ1) is 7.74. The second-order valence-electron chi connectivity index (χ2n) is 5.29. The number of alkyl halides is 1. The molecule has 0 radical (unpaired) electrons. The van der Waals surface area contributed by atoms with Crippen molar-refractivity contribution in [2.24, 2.45) is 17.8 Å². The van der Waals surface area contributed by atoms with Crippen molar-refractivity contribution in [2.45, 2.75) is 30.5 Å². The van der Waals surface area contributed by atoms with E-state index in [2.05, 4.69) is 15.9 Å². The highest BCUT2D eigenvalue weighted by Crippen LogP contribution is 2.54. The molecule has 16 heavy (non-hydrogen) atoms. The fourth-order valence-electron chi connectivity index (χ4n) is 3.55. The number of benzene rings is 1. The Labute approximate surface area is 104 Å². The Hall–Kier alpha value is -0.370. The van der Waals surface area contributed by atoms with Gasteiger partial charge < -0.3 is 0 Å². The van der Waals surface area contributed by atoms with Crippen LogP contribution in [0.1, 0.15) is 36.1 Å². The lowest BCUT2D eigenvalue weighted by atomic mass is 9.84. The molecule has 2 saturated carbocycles. The molecule has 0 amide bonds. The van der Waals surface area contributed by atoms with Crippen LogP contribution in [0.3, 0.4) is 0 Å². The third kappa shape index (κ3) is 1.81. The number of hydrogen-bond donors (Lipinski definition) is 0. The molecule has 0 aromatic heterocycles. The van der Waals surface area contributed by atoms with Crippen molar-refractivity contribution < 1.29 is 4.39 Å². The highest BCUT2D eigenvalue weighted by molar-refractivity contribution is 9.09. The van der Waals surface area contributed by atoms with E-state index in [0.717, 1.165) is 17.8 Å². The Morgan fingerprint density at radius 1 is 1.12 bits per heavy atom. The van der Waals surface area contributed by atoms with E-state index in [-0.39, 0.29) is 5.82 Å². The average Bonchev–Trinajstić information content (AvgIpc) is 2.91. The summed E-state index contributed by atoms with van der Waals surface area (Å²) in [4.78, 5) is 0.420. The molecule has 0 spiro atoms. The molecule has 4 unspecified atom stereocenters. The van der Waals surface area contributed by atoms with Gasteiger partial charge in [0.25, 0.3) is 0 Å². The average molecular weight is 283 g/mol. The summed E-state index contributed by atoms with van der Waals surface area (Å²) in [6, 6.07) is 6.97. The Kier molecular flexibility index (Phi) is 2.78. The van der Waals surface area contributed by atoms with Crippen molar-refractivity contribution in [3.05, 3.63) is 35.6 Å². The van der Waals surface area contributed by atoms with E-state index in [1.165, 1.54) is 31.2 Å². The van der Waals surface area contributed by atoms with Crippen LogP contribution in [0.5, 0.6) is 0 Å². The summed E-state index contributed by atoms with van der Waals surface area (Å²) >= 11 is 3.82. The molecule has 2 aliphatic carbocycles. The molecule has 0 N–H and O–H groups in total. The van der Waals surface area contributed by atoms with Crippen molar-refractivity contribution in [1.82, 2.24) is 0 Å². The zero-order valence-corrected chi connectivity index (χ0v) is 10.8. The first-order valence-electron chi connectivity index (χ1n) is 6.13. The zero-order chi connectivity index (χ0) is 11.1. The molecule has 2 heteroatoms. The van der Waals surface area contributed by atoms with Crippen LogP contribution in [0.15, 0.2) is 24.3 Å². The minimum atomic E-state index is -0.142. The van der Waals surface area contributed by atoms with Gasteiger partial charge in [0.15, 0.2) is 0 Å². The molecule has 86 valence electrons. The minimum Gasteiger partial charge on any atom is -0.207 e. The molecule has 0 heterocycles. The standard InChI is InChI=1S/C14H16BrF/c15-14(10-3-5-12(16)6-4-10)13-8-9-1-2-11(13)7-9/h3-6,9,11,13-14H,1-2,7-8H2. The molecule has 3 rings (SSSR count). The maximum atomic E-state index is 12.9. The molecule has 1 aromatic rings. The molecular weight excluding hydrogens is 267 g/mol. The van der Waals surface area contributed by atoms with Crippen molar-refractivity contribution >= 4 is 15.9 Å². The summed E-state index contributed by atoms with van der Waals surface area (Å²) in [6.07, 6.45) is 5.62. The van der Waals surface area contributed by atoms with Crippen LogP contribution in [0.25, 0.3) is 0 Å². The van der Waals surface area contributed by atoms with Gasteiger partial charge in [0, 0.05) is 4.83 Å². The number of fused-ring (bicyclic) bond motifs is 2. The summed E-state index contributed by atoms with van der Waals surface area (Å²) in [5.74, 6) is 2.50. The van der Waals surface area contributed by atoms with Gasteiger partial charge in [-0.3, -0.25) is 0 Å². The third-order valence-corrected chi connectivity index (χ3v) is 5.56. The van der Waals surface area contributed by atoms with Crippen molar-refractivity contribution in [3.8, 4) is 0 Å². The molecule has 2 bridgehead atoms. The lowest BCUT2D eigenvalue weighted by Crippen LogP contribution is -2.15. The Bertz CT molecular complexity index is 373. The number of halogens is 2. The first kappa shape index (κ1) is 10.8. The largest absolute Gasteiger partial charge is 0.207 e. The van der Waals surface area contributed by atoms with E-state index in [1.54, 1.807) is 12.1 Å². The number of hydrogen-bond acceptors (Lipinski definition) is 0. The van der Waals surface area contributed by atoms with Crippen LogP contribution in [0, 0.1) is 23.6 Å². The van der Waals surface area contributed by atoms with Gasteiger partial charge >= 0.3 is 0 Å². The normalized spacial score (nSPS) is 34.2. The van der Waals surface area contributed by atoms with Crippen LogP contribution >= 0.6 is 15.9 Å². The van der Waals surface area contributed by atoms with E-state index in [1.807, 2.05) is 12.1 Å². The Morgan fingerprint density at radius 3 is 2.44 bits per heavy atom. The van der Waals surface area contributed by atoms with E-state index >= 15 is 0 Å². The summed E-state index contributed by atoms with van der Waals surface area (Å²) in [5.41, 5.74) is 1.24. The van der Waals surface area contributed by atoms with Gasteiger partial charge in [0.1, 0.15) is 5.82 Å². The van der Waals surface area contributed by atoms with Crippen molar-refractivity contribution in [3.63, 3.8) is 0 Å². The van der Waals surface area contributed by atoms with Gasteiger partial charge in [-0.15, -0.1) is 0 Å². The summed E-state index contributed by atoms with van der Waals surface area (Å²) in [7, 11) is 0. The molecule has 0 nitrogen and oxygen atoms in total. The predicted octanol–water partition coefficient (Wildman–Crippen LogP) is 4.70. The summed E-state index contributed by atoms with van der Waals surface area (Å²) < 4.78 is 12.9. The van der Waals surface area contributed by atoms with Crippen LogP contribution in [0.2, 0.25) is 0 Å². The summed E-state index contributed by atoms with van der Waals surface area (Å²) in [6.45, 7) is 0. The van der Waals surface area contributed by atoms with Crippen LogP contribution in [0.4, 0.5) is 4.39 Å². The smallest absolute Gasteiger partial charge is 0.123 e. The van der Waals surface area contributed by atoms with E-state index in [0.29, 0.717) is 4.83 Å². The topological polar surface area (TPSA) is 0 Å². The molecule has 0 saturated heterocycles. The van der Waals surface area contributed by atoms with E-state index in [9.17, 15) is 4.39 Å². The molecule has 0 aliphatic heterocycles. The highest BCUT2D eigenvalue weighted by atomic mass is 79.9. The van der Waals surface area contributed by atoms with E-state index < -0.39 is 0 Å². The molecule has 4 atom stereocenters. The van der Waals surface area contributed by atoms with Crippen LogP contribution in [-0.4, -0.2) is 0 Å². The number of rotatable bonds is 2. The Balaban J connectivity index is 1.77. The lowest BCUT2D eigenvalue weighted by molar-refractivity contribution is 0.329. The van der Waals surface area contributed by atoms with Crippen LogP contribution < -0.4 is 0 Å². The van der Waals surface area contributed by atoms with Gasteiger partial charge in [-0.1, -0.05) is 34.5 Å². The first-order valence-corrected chi connectivity index (χ1v) is 7.05. The quantitative estimate of drug-likeness (QED) is 0.690. The molecule has 2 fully saturated rings. The Morgan fingerprint density at radius 2 is 1.88 bits per heavy atom. The van der Waals surface area contributed by atoms with E-state index in [4.69, 9.17) is 0 Å². The maximum absolute atomic E-state index is 12.9. The fourth-order valence-corrected chi connectivity index (χ4v) is 4.50. The third-order valence-electron chi connectivity index (χ3n) is 4.36. The second kappa shape index (κ2) is 4.14. The van der Waals surface area contributed by atoms with Crippen molar-refractivity contribution in [2.75, 3.05) is 0 Å². The van der Waals surface area contributed by atoms with Gasteiger partial charge in [-0.2, -0.15) is 0 Å². The maximum Gasteiger partial charge on any atom is 0.123 e. The van der Waals surface area contributed by atoms with Gasteiger partial charge in [-0.25, -0.2) is 4.39 Å². The summed E-state index contributed by atoms with van der Waals surface area (Å²) in [5, 5.41) is 0. The fraction of sp³-hybridized carbons (Fsp3) is 0.571. The van der Waals surface area contributed by atoms with Crippen molar-refractivity contribution in [1.29, 1.82) is 0 Å². The molecule has 2 aliphatic rings. The monoisotopic (exact) mass is 282 g/mol. The van der Waals surface area contributed by atoms with Gasteiger partial charge in [0.05, 0.1) is 0 Å². The molecule has 1 aromatic carbocycles.